The number of hydrogen-bond acceptors (Lipinski definition) is 4. The first-order valence-electron chi connectivity index (χ1n) is 6.59. The number of carbonyl (C=O) groups excluding carboxylic acids is 1. The Morgan fingerprint density at radius 3 is 2.76 bits per heavy atom. The second kappa shape index (κ2) is 6.91. The van der Waals surface area contributed by atoms with Gasteiger partial charge in [-0.3, -0.25) is 4.79 Å². The maximum Gasteiger partial charge on any atom is 0.261 e. The molecule has 2 aromatic rings. The highest BCUT2D eigenvalue weighted by Crippen LogP contribution is 2.24. The third-order valence-corrected chi connectivity index (χ3v) is 4.32. The normalized spacial score (nSPS) is 12.0. The fraction of sp³-hybridized carbons (Fsp3) is 0.333. The molecule has 0 radical (unpaired) electrons. The molecular formula is C15H17ClN2O2S. The summed E-state index contributed by atoms with van der Waals surface area (Å²) in [6.07, 6.45) is -0.612. The van der Waals surface area contributed by atoms with Gasteiger partial charge in [0.2, 0.25) is 0 Å². The predicted octanol–water partition coefficient (Wildman–Crippen LogP) is 3.50. The minimum atomic E-state index is -0.612. The van der Waals surface area contributed by atoms with Crippen molar-refractivity contribution in [3.05, 3.63) is 44.9 Å². The van der Waals surface area contributed by atoms with E-state index >= 15 is 0 Å². The maximum absolute atomic E-state index is 12.1. The predicted molar refractivity (Wildman–Crippen MR) is 85.0 cm³/mol. The van der Waals surface area contributed by atoms with Crippen LogP contribution in [0.25, 0.3) is 0 Å². The molecule has 112 valence electrons. The molecular weight excluding hydrogens is 308 g/mol. The van der Waals surface area contributed by atoms with Gasteiger partial charge in [-0.2, -0.15) is 0 Å². The first kappa shape index (κ1) is 15.8. The Labute approximate surface area is 133 Å². The summed E-state index contributed by atoms with van der Waals surface area (Å²) in [7, 11) is 0. The van der Waals surface area contributed by atoms with E-state index in [2.05, 4.69) is 10.3 Å². The van der Waals surface area contributed by atoms with Crippen LogP contribution in [0.15, 0.2) is 24.3 Å². The lowest BCUT2D eigenvalue weighted by atomic mass is 10.3. The van der Waals surface area contributed by atoms with E-state index in [4.69, 9.17) is 16.3 Å². The molecule has 1 aromatic carbocycles. The summed E-state index contributed by atoms with van der Waals surface area (Å²) >= 11 is 7.59. The third-order valence-electron chi connectivity index (χ3n) is 2.93. The Morgan fingerprint density at radius 2 is 2.14 bits per heavy atom. The highest BCUT2D eigenvalue weighted by atomic mass is 35.5. The van der Waals surface area contributed by atoms with Crippen LogP contribution in [0.2, 0.25) is 5.02 Å². The average Bonchev–Trinajstić information content (AvgIpc) is 2.76. The molecule has 0 bridgehead atoms. The van der Waals surface area contributed by atoms with Crippen LogP contribution in [-0.2, 0) is 11.3 Å². The molecule has 0 aliphatic rings. The largest absolute Gasteiger partial charge is 0.479 e. The second-order valence-electron chi connectivity index (χ2n) is 4.65. The van der Waals surface area contributed by atoms with Gasteiger partial charge in [0.05, 0.1) is 22.3 Å². The van der Waals surface area contributed by atoms with Gasteiger partial charge in [0.25, 0.3) is 5.91 Å². The van der Waals surface area contributed by atoms with Crippen LogP contribution < -0.4 is 10.1 Å². The van der Waals surface area contributed by atoms with E-state index in [9.17, 15) is 4.79 Å². The summed E-state index contributed by atoms with van der Waals surface area (Å²) < 4.78 is 5.57. The van der Waals surface area contributed by atoms with Crippen molar-refractivity contribution < 1.29 is 9.53 Å². The third kappa shape index (κ3) is 4.19. The fourth-order valence-corrected chi connectivity index (χ4v) is 2.89. The van der Waals surface area contributed by atoms with Gasteiger partial charge in [-0.25, -0.2) is 4.98 Å². The van der Waals surface area contributed by atoms with Gasteiger partial charge >= 0.3 is 0 Å². The Morgan fingerprint density at radius 1 is 1.43 bits per heavy atom. The molecule has 1 amide bonds. The monoisotopic (exact) mass is 324 g/mol. The van der Waals surface area contributed by atoms with Gasteiger partial charge in [-0.05, 0) is 32.9 Å². The van der Waals surface area contributed by atoms with Crippen LogP contribution in [-0.4, -0.2) is 17.0 Å². The Bertz CT molecular complexity index is 642. The topological polar surface area (TPSA) is 51.2 Å². The van der Waals surface area contributed by atoms with Crippen LogP contribution in [0.3, 0.4) is 0 Å². The number of benzene rings is 1. The van der Waals surface area contributed by atoms with E-state index in [-0.39, 0.29) is 5.91 Å². The number of nitrogens with one attached hydrogen (secondary N) is 1. The number of hydrogen-bond donors (Lipinski definition) is 1. The summed E-state index contributed by atoms with van der Waals surface area (Å²) in [4.78, 5) is 17.4. The molecule has 2 rings (SSSR count). The van der Waals surface area contributed by atoms with Gasteiger partial charge in [0, 0.05) is 4.88 Å². The number of amides is 1. The number of nitrogens with zero attached hydrogens (tertiary/aromatic N) is 1. The molecule has 4 nitrogen and oxygen atoms in total. The highest BCUT2D eigenvalue weighted by molar-refractivity contribution is 7.11. The lowest BCUT2D eigenvalue weighted by Crippen LogP contribution is -2.35. The maximum atomic E-state index is 12.1. The van der Waals surface area contributed by atoms with E-state index in [1.807, 2.05) is 26.0 Å². The first-order chi connectivity index (χ1) is 9.97. The molecule has 21 heavy (non-hydrogen) atoms. The van der Waals surface area contributed by atoms with Crippen molar-refractivity contribution in [1.82, 2.24) is 10.3 Å². The van der Waals surface area contributed by atoms with E-state index in [1.165, 1.54) is 0 Å². The molecule has 0 spiro atoms. The second-order valence-corrected chi connectivity index (χ2v) is 6.34. The molecule has 6 heteroatoms. The van der Waals surface area contributed by atoms with Crippen LogP contribution in [0.4, 0.5) is 0 Å². The molecule has 1 unspecified atom stereocenters. The molecule has 1 heterocycles. The van der Waals surface area contributed by atoms with Gasteiger partial charge < -0.3 is 10.1 Å². The molecule has 0 saturated heterocycles. The molecule has 0 saturated carbocycles. The zero-order valence-corrected chi connectivity index (χ0v) is 13.7. The van der Waals surface area contributed by atoms with Crippen LogP contribution in [0.5, 0.6) is 5.75 Å². The summed E-state index contributed by atoms with van der Waals surface area (Å²) in [5.74, 6) is 0.326. The van der Waals surface area contributed by atoms with Gasteiger partial charge in [0.15, 0.2) is 6.10 Å². The van der Waals surface area contributed by atoms with Crippen molar-refractivity contribution in [2.24, 2.45) is 0 Å². The van der Waals surface area contributed by atoms with Crippen LogP contribution >= 0.6 is 22.9 Å². The highest BCUT2D eigenvalue weighted by Gasteiger charge is 2.16. The van der Waals surface area contributed by atoms with Gasteiger partial charge in [-0.1, -0.05) is 23.7 Å². The molecule has 0 fully saturated rings. The number of ether oxygens (including phenoxy) is 1. The van der Waals surface area contributed by atoms with Crippen molar-refractivity contribution in [2.45, 2.75) is 33.4 Å². The summed E-state index contributed by atoms with van der Waals surface area (Å²) in [5.41, 5.74) is 0.956. The minimum Gasteiger partial charge on any atom is -0.479 e. The molecule has 1 atom stereocenters. The number of aryl methyl sites for hydroxylation is 2. The number of aromatic nitrogens is 1. The number of para-hydroxylation sites is 1. The van der Waals surface area contributed by atoms with E-state index in [1.54, 1.807) is 30.4 Å². The number of thiazole rings is 1. The Balaban J connectivity index is 1.91. The summed E-state index contributed by atoms with van der Waals surface area (Å²) in [6.45, 7) is 6.05. The number of rotatable bonds is 5. The number of halogens is 1. The van der Waals surface area contributed by atoms with Crippen molar-refractivity contribution >= 4 is 28.8 Å². The lowest BCUT2D eigenvalue weighted by molar-refractivity contribution is -0.127. The van der Waals surface area contributed by atoms with Gasteiger partial charge in [-0.15, -0.1) is 11.3 Å². The Kier molecular flexibility index (Phi) is 5.20. The molecule has 1 N–H and O–H groups in total. The van der Waals surface area contributed by atoms with E-state index in [0.29, 0.717) is 17.3 Å². The lowest BCUT2D eigenvalue weighted by Gasteiger charge is -2.15. The first-order valence-corrected chi connectivity index (χ1v) is 7.78. The zero-order valence-electron chi connectivity index (χ0n) is 12.1. The van der Waals surface area contributed by atoms with Crippen molar-refractivity contribution in [3.8, 4) is 5.75 Å². The SMILES string of the molecule is Cc1nc(C)c(CNC(=O)C(C)Oc2ccccc2Cl)s1. The number of carbonyl (C=O) groups is 1. The summed E-state index contributed by atoms with van der Waals surface area (Å²) in [5, 5.41) is 4.35. The fourth-order valence-electron chi connectivity index (χ4n) is 1.83. The minimum absolute atomic E-state index is 0.180. The Hall–Kier alpha value is -1.59. The summed E-state index contributed by atoms with van der Waals surface area (Å²) in [6, 6.07) is 7.10. The smallest absolute Gasteiger partial charge is 0.261 e. The van der Waals surface area contributed by atoms with Crippen LogP contribution in [0.1, 0.15) is 22.5 Å². The van der Waals surface area contributed by atoms with E-state index < -0.39 is 6.10 Å². The molecule has 0 aliphatic carbocycles. The van der Waals surface area contributed by atoms with Crippen molar-refractivity contribution in [2.75, 3.05) is 0 Å². The average molecular weight is 325 g/mol. The van der Waals surface area contributed by atoms with Crippen molar-refractivity contribution in [3.63, 3.8) is 0 Å². The molecule has 1 aromatic heterocycles. The molecule has 0 aliphatic heterocycles. The zero-order chi connectivity index (χ0) is 15.4. The quantitative estimate of drug-likeness (QED) is 0.915. The van der Waals surface area contributed by atoms with Crippen molar-refractivity contribution in [1.29, 1.82) is 0 Å². The van der Waals surface area contributed by atoms with Crippen LogP contribution in [0, 0.1) is 13.8 Å². The van der Waals surface area contributed by atoms with Gasteiger partial charge in [0.1, 0.15) is 5.75 Å². The standard InChI is InChI=1S/C15H17ClN2O2S/c1-9-14(21-11(3)18-9)8-17-15(19)10(2)20-13-7-5-4-6-12(13)16/h4-7,10H,8H2,1-3H3,(H,17,19). The van der Waals surface area contributed by atoms with E-state index in [0.717, 1.165) is 15.6 Å².